The molecule has 0 bridgehead atoms. The fourth-order valence-corrected chi connectivity index (χ4v) is 3.28. The van der Waals surface area contributed by atoms with E-state index in [1.54, 1.807) is 25.1 Å². The molecule has 0 spiro atoms. The molecule has 0 radical (unpaired) electrons. The molecule has 0 aliphatic carbocycles. The van der Waals surface area contributed by atoms with Crippen molar-refractivity contribution in [3.05, 3.63) is 65.6 Å². The van der Waals surface area contributed by atoms with Gasteiger partial charge in [-0.1, -0.05) is 0 Å². The number of carbonyl (C=O) groups is 1. The summed E-state index contributed by atoms with van der Waals surface area (Å²) in [5, 5.41) is 2.98. The molecule has 172 valence electrons. The fraction of sp³-hybridized carbons (Fsp3) is 0.227. The van der Waals surface area contributed by atoms with E-state index in [1.807, 2.05) is 0 Å². The van der Waals surface area contributed by atoms with Gasteiger partial charge in [0.1, 0.15) is 22.7 Å². The number of furan rings is 1. The number of hydrogen-bond donors (Lipinski definition) is 2. The van der Waals surface area contributed by atoms with Gasteiger partial charge in [0, 0.05) is 10.9 Å². The van der Waals surface area contributed by atoms with Gasteiger partial charge in [-0.25, -0.2) is 9.97 Å². The molecular weight excluding hydrogens is 441 g/mol. The Morgan fingerprint density at radius 2 is 2.00 bits per heavy atom. The topological polar surface area (TPSA) is 116 Å². The molecule has 1 aromatic carbocycles. The van der Waals surface area contributed by atoms with E-state index in [-0.39, 0.29) is 35.2 Å². The van der Waals surface area contributed by atoms with Crippen molar-refractivity contribution in [3.63, 3.8) is 0 Å². The first-order valence-corrected chi connectivity index (χ1v) is 9.81. The van der Waals surface area contributed by atoms with E-state index in [1.165, 1.54) is 25.5 Å². The smallest absolute Gasteiger partial charge is 0.433 e. The number of halogens is 3. The number of oxazole rings is 1. The Kier molecular flexibility index (Phi) is 5.81. The zero-order valence-corrected chi connectivity index (χ0v) is 17.6. The minimum absolute atomic E-state index is 0.0136. The summed E-state index contributed by atoms with van der Waals surface area (Å²) in [6, 6.07) is 7.86. The van der Waals surface area contributed by atoms with Crippen LogP contribution >= 0.6 is 0 Å². The second kappa shape index (κ2) is 8.58. The molecule has 3 heterocycles. The predicted molar refractivity (Wildman–Crippen MR) is 111 cm³/mol. The number of methoxy groups -OCH3 is 1. The van der Waals surface area contributed by atoms with Crippen LogP contribution < -0.4 is 15.8 Å². The Labute approximate surface area is 185 Å². The molecule has 0 fully saturated rings. The molecule has 33 heavy (non-hydrogen) atoms. The summed E-state index contributed by atoms with van der Waals surface area (Å²) in [7, 11) is 1.33. The number of aromatic nitrogens is 2. The Morgan fingerprint density at radius 3 is 2.64 bits per heavy atom. The number of fused-ring (bicyclic) bond motifs is 1. The van der Waals surface area contributed by atoms with E-state index in [0.717, 1.165) is 6.07 Å². The number of nitrogens with one attached hydrogen (secondary N) is 1. The number of amides is 1. The number of pyridine rings is 1. The standard InChI is InChI=1S/C22H19F3N4O4/c1-11(26)19-18(20(30)27-10-12-4-3-9-32-12)29-21(33-19)14-5-7-15(31-2)17-13(14)6-8-16(28-17)22(23,24)25/h3-9,11H,10,26H2,1-2H3,(H,27,30)/t11-/m0/s1. The molecule has 1 atom stereocenters. The van der Waals surface area contributed by atoms with E-state index in [2.05, 4.69) is 15.3 Å². The Hall–Kier alpha value is -3.86. The van der Waals surface area contributed by atoms with Gasteiger partial charge in [0.25, 0.3) is 5.91 Å². The highest BCUT2D eigenvalue weighted by molar-refractivity contribution is 5.98. The molecule has 0 aliphatic rings. The number of hydrogen-bond acceptors (Lipinski definition) is 7. The van der Waals surface area contributed by atoms with Crippen molar-refractivity contribution in [2.45, 2.75) is 25.7 Å². The second-order valence-electron chi connectivity index (χ2n) is 7.19. The van der Waals surface area contributed by atoms with Crippen molar-refractivity contribution < 1.29 is 31.5 Å². The molecule has 0 aliphatic heterocycles. The van der Waals surface area contributed by atoms with Crippen LogP contribution in [0.5, 0.6) is 5.75 Å². The molecule has 0 saturated carbocycles. The molecule has 1 amide bonds. The Morgan fingerprint density at radius 1 is 1.21 bits per heavy atom. The summed E-state index contributed by atoms with van der Waals surface area (Å²) < 4.78 is 55.7. The molecule has 8 nitrogen and oxygen atoms in total. The third-order valence-electron chi connectivity index (χ3n) is 4.85. The Balaban J connectivity index is 1.78. The molecular formula is C22H19F3N4O4. The summed E-state index contributed by atoms with van der Waals surface area (Å²) >= 11 is 0. The van der Waals surface area contributed by atoms with E-state index in [4.69, 9.17) is 19.3 Å². The highest BCUT2D eigenvalue weighted by Crippen LogP contribution is 2.37. The van der Waals surface area contributed by atoms with Gasteiger partial charge < -0.3 is 24.6 Å². The second-order valence-corrected chi connectivity index (χ2v) is 7.19. The van der Waals surface area contributed by atoms with Gasteiger partial charge in [-0.3, -0.25) is 4.79 Å². The van der Waals surface area contributed by atoms with Crippen LogP contribution in [-0.2, 0) is 12.7 Å². The van der Waals surface area contributed by atoms with Crippen LogP contribution in [0.15, 0.2) is 51.5 Å². The van der Waals surface area contributed by atoms with Crippen molar-refractivity contribution in [1.82, 2.24) is 15.3 Å². The van der Waals surface area contributed by atoms with Crippen molar-refractivity contribution in [1.29, 1.82) is 0 Å². The fourth-order valence-electron chi connectivity index (χ4n) is 3.28. The SMILES string of the molecule is COc1ccc(-c2nc(C(=O)NCc3ccco3)c([C@H](C)N)o2)c2ccc(C(F)(F)F)nc12. The molecule has 11 heteroatoms. The van der Waals surface area contributed by atoms with Crippen molar-refractivity contribution in [2.24, 2.45) is 5.73 Å². The number of ether oxygens (including phenoxy) is 1. The van der Waals surface area contributed by atoms with Crippen molar-refractivity contribution in [3.8, 4) is 17.2 Å². The van der Waals surface area contributed by atoms with Gasteiger partial charge in [0.2, 0.25) is 5.89 Å². The van der Waals surface area contributed by atoms with Crippen molar-refractivity contribution in [2.75, 3.05) is 7.11 Å². The number of nitrogens with zero attached hydrogens (tertiary/aromatic N) is 2. The average molecular weight is 460 g/mol. The van der Waals surface area contributed by atoms with Crippen LogP contribution in [0.4, 0.5) is 13.2 Å². The largest absolute Gasteiger partial charge is 0.494 e. The van der Waals surface area contributed by atoms with E-state index in [0.29, 0.717) is 16.7 Å². The normalized spacial score (nSPS) is 12.7. The van der Waals surface area contributed by atoms with E-state index < -0.39 is 23.8 Å². The first-order chi connectivity index (χ1) is 15.7. The molecule has 3 N–H and O–H groups in total. The first kappa shape index (κ1) is 22.3. The van der Waals surface area contributed by atoms with Crippen LogP contribution in [0.25, 0.3) is 22.4 Å². The van der Waals surface area contributed by atoms with Crippen LogP contribution in [-0.4, -0.2) is 23.0 Å². The van der Waals surface area contributed by atoms with Gasteiger partial charge >= 0.3 is 6.18 Å². The lowest BCUT2D eigenvalue weighted by molar-refractivity contribution is -0.140. The van der Waals surface area contributed by atoms with Gasteiger partial charge in [-0.05, 0) is 43.3 Å². The monoisotopic (exact) mass is 460 g/mol. The predicted octanol–water partition coefficient (Wildman–Crippen LogP) is 4.46. The summed E-state index contributed by atoms with van der Waals surface area (Å²) in [6.07, 6.45) is -3.14. The zero-order valence-electron chi connectivity index (χ0n) is 17.6. The lowest BCUT2D eigenvalue weighted by Crippen LogP contribution is -2.25. The summed E-state index contributed by atoms with van der Waals surface area (Å²) in [4.78, 5) is 20.8. The third kappa shape index (κ3) is 4.40. The highest BCUT2D eigenvalue weighted by atomic mass is 19.4. The molecule has 4 aromatic rings. The van der Waals surface area contributed by atoms with Crippen LogP contribution in [0.3, 0.4) is 0 Å². The molecule has 3 aromatic heterocycles. The minimum Gasteiger partial charge on any atom is -0.494 e. The van der Waals surface area contributed by atoms with Crippen LogP contribution in [0.2, 0.25) is 0 Å². The highest BCUT2D eigenvalue weighted by Gasteiger charge is 2.33. The maximum Gasteiger partial charge on any atom is 0.433 e. The third-order valence-corrected chi connectivity index (χ3v) is 4.85. The maximum absolute atomic E-state index is 13.2. The number of benzene rings is 1. The van der Waals surface area contributed by atoms with Gasteiger partial charge in [0.15, 0.2) is 11.5 Å². The molecule has 0 saturated heterocycles. The van der Waals surface area contributed by atoms with Gasteiger partial charge in [-0.15, -0.1) is 0 Å². The lowest BCUT2D eigenvalue weighted by Gasteiger charge is -2.11. The molecule has 0 unspecified atom stereocenters. The average Bonchev–Trinajstić information content (AvgIpc) is 3.46. The maximum atomic E-state index is 13.2. The van der Waals surface area contributed by atoms with Crippen LogP contribution in [0, 0.1) is 0 Å². The summed E-state index contributed by atoms with van der Waals surface area (Å²) in [5.41, 5.74) is 5.19. The van der Waals surface area contributed by atoms with Crippen molar-refractivity contribution >= 4 is 16.8 Å². The number of carbonyl (C=O) groups excluding carboxylic acids is 1. The van der Waals surface area contributed by atoms with Gasteiger partial charge in [-0.2, -0.15) is 13.2 Å². The minimum atomic E-state index is -4.63. The lowest BCUT2D eigenvalue weighted by atomic mass is 10.1. The first-order valence-electron chi connectivity index (χ1n) is 9.81. The summed E-state index contributed by atoms with van der Waals surface area (Å²) in [5.74, 6) is 0.298. The zero-order chi connectivity index (χ0) is 23.8. The van der Waals surface area contributed by atoms with E-state index in [9.17, 15) is 18.0 Å². The Bertz CT molecular complexity index is 1300. The number of nitrogens with two attached hydrogens (primary N) is 1. The summed E-state index contributed by atoms with van der Waals surface area (Å²) in [6.45, 7) is 1.75. The number of alkyl halides is 3. The molecule has 4 rings (SSSR count). The van der Waals surface area contributed by atoms with Gasteiger partial charge in [0.05, 0.1) is 26.0 Å². The van der Waals surface area contributed by atoms with Crippen LogP contribution in [0.1, 0.15) is 40.7 Å². The quantitative estimate of drug-likeness (QED) is 0.436. The van der Waals surface area contributed by atoms with E-state index >= 15 is 0 Å². The number of rotatable bonds is 6.